The van der Waals surface area contributed by atoms with Gasteiger partial charge in [0.2, 0.25) is 0 Å². The van der Waals surface area contributed by atoms with Gasteiger partial charge in [-0.05, 0) is 49.3 Å². The van der Waals surface area contributed by atoms with Crippen molar-refractivity contribution in [3.63, 3.8) is 0 Å². The molecule has 1 fully saturated rings. The lowest BCUT2D eigenvalue weighted by molar-refractivity contribution is 0.176. The highest BCUT2D eigenvalue weighted by Crippen LogP contribution is 2.46. The quantitative estimate of drug-likeness (QED) is 0.844. The smallest absolute Gasteiger partial charge is 0.196 e. The van der Waals surface area contributed by atoms with Crippen molar-refractivity contribution in [1.29, 1.82) is 0 Å². The summed E-state index contributed by atoms with van der Waals surface area (Å²) >= 11 is 3.55. The second kappa shape index (κ2) is 4.76. The van der Waals surface area contributed by atoms with Gasteiger partial charge in [-0.1, -0.05) is 35.8 Å². The molecule has 0 bridgehead atoms. The number of benzene rings is 1. The molecule has 0 atom stereocenters. The lowest BCUT2D eigenvalue weighted by Crippen LogP contribution is -2.54. The number of halogens is 1. The van der Waals surface area contributed by atoms with Crippen LogP contribution in [0.2, 0.25) is 0 Å². The van der Waals surface area contributed by atoms with E-state index in [0.717, 1.165) is 29.5 Å². The first-order valence-electron chi connectivity index (χ1n) is 7.28. The van der Waals surface area contributed by atoms with Crippen molar-refractivity contribution in [3.05, 3.63) is 28.7 Å². The standard InChI is InChI=1S/C16H22BrN3/c1-15(2)6-8-16(9-7-15)11-19-14(18)20(16)13-5-3-4-12(17)10-13/h3-5,10H,6-9,11H2,1-2H3,(H2,18,19). The van der Waals surface area contributed by atoms with Gasteiger partial charge in [0, 0.05) is 10.2 Å². The van der Waals surface area contributed by atoms with E-state index in [1.165, 1.54) is 12.8 Å². The van der Waals surface area contributed by atoms with E-state index in [4.69, 9.17) is 5.73 Å². The van der Waals surface area contributed by atoms with Crippen molar-refractivity contribution in [2.75, 3.05) is 11.4 Å². The molecule has 3 nitrogen and oxygen atoms in total. The SMILES string of the molecule is CC1(C)CCC2(CC1)CN=C(N)N2c1cccc(Br)c1. The van der Waals surface area contributed by atoms with E-state index in [1.807, 2.05) is 6.07 Å². The highest BCUT2D eigenvalue weighted by atomic mass is 79.9. The van der Waals surface area contributed by atoms with Gasteiger partial charge in [0.25, 0.3) is 0 Å². The first-order chi connectivity index (χ1) is 9.42. The number of rotatable bonds is 1. The molecule has 1 spiro atoms. The Morgan fingerprint density at radius 2 is 1.90 bits per heavy atom. The number of hydrogen-bond acceptors (Lipinski definition) is 3. The predicted octanol–water partition coefficient (Wildman–Crippen LogP) is 3.92. The number of hydrogen-bond donors (Lipinski definition) is 1. The summed E-state index contributed by atoms with van der Waals surface area (Å²) in [5.74, 6) is 0.669. The summed E-state index contributed by atoms with van der Waals surface area (Å²) in [6.45, 7) is 5.56. The first-order valence-corrected chi connectivity index (χ1v) is 8.07. The van der Waals surface area contributed by atoms with Crippen molar-refractivity contribution in [1.82, 2.24) is 0 Å². The molecule has 4 heteroatoms. The van der Waals surface area contributed by atoms with Crippen molar-refractivity contribution in [2.45, 2.75) is 45.1 Å². The fourth-order valence-corrected chi connectivity index (χ4v) is 3.79. The van der Waals surface area contributed by atoms with Crippen molar-refractivity contribution in [2.24, 2.45) is 16.1 Å². The third-order valence-electron chi connectivity index (χ3n) is 4.84. The zero-order valence-corrected chi connectivity index (χ0v) is 13.8. The van der Waals surface area contributed by atoms with Crippen LogP contribution in [0, 0.1) is 5.41 Å². The van der Waals surface area contributed by atoms with Gasteiger partial charge in [0.05, 0.1) is 12.1 Å². The summed E-state index contributed by atoms with van der Waals surface area (Å²) in [6, 6.07) is 8.37. The zero-order valence-electron chi connectivity index (χ0n) is 12.2. The maximum absolute atomic E-state index is 6.19. The van der Waals surface area contributed by atoms with Crippen LogP contribution < -0.4 is 10.6 Å². The largest absolute Gasteiger partial charge is 0.369 e. The Bertz CT molecular complexity index is 540. The number of aliphatic imine (C=N–C) groups is 1. The Balaban J connectivity index is 1.93. The van der Waals surface area contributed by atoms with E-state index in [-0.39, 0.29) is 5.54 Å². The fraction of sp³-hybridized carbons (Fsp3) is 0.562. The molecule has 1 aromatic carbocycles. The molecule has 0 radical (unpaired) electrons. The van der Waals surface area contributed by atoms with Crippen LogP contribution in [0.1, 0.15) is 39.5 Å². The van der Waals surface area contributed by atoms with Gasteiger partial charge >= 0.3 is 0 Å². The molecule has 1 heterocycles. The molecule has 1 aliphatic carbocycles. The average molecular weight is 336 g/mol. The first kappa shape index (κ1) is 13.9. The second-order valence-electron chi connectivity index (χ2n) is 6.88. The highest BCUT2D eigenvalue weighted by Gasteiger charge is 2.47. The maximum atomic E-state index is 6.19. The van der Waals surface area contributed by atoms with Gasteiger partial charge in [0.1, 0.15) is 0 Å². The number of nitrogens with zero attached hydrogens (tertiary/aromatic N) is 2. The Morgan fingerprint density at radius 3 is 2.55 bits per heavy atom. The Labute approximate surface area is 129 Å². The molecular formula is C16H22BrN3. The van der Waals surface area contributed by atoms with E-state index in [9.17, 15) is 0 Å². The van der Waals surface area contributed by atoms with Crippen LogP contribution in [0.3, 0.4) is 0 Å². The molecular weight excluding hydrogens is 314 g/mol. The molecule has 20 heavy (non-hydrogen) atoms. The van der Waals surface area contributed by atoms with Gasteiger partial charge in [-0.2, -0.15) is 0 Å². The van der Waals surface area contributed by atoms with E-state index in [2.05, 4.69) is 57.9 Å². The van der Waals surface area contributed by atoms with Crippen LogP contribution in [0.5, 0.6) is 0 Å². The highest BCUT2D eigenvalue weighted by molar-refractivity contribution is 9.10. The molecule has 0 unspecified atom stereocenters. The lowest BCUT2D eigenvalue weighted by atomic mass is 9.69. The topological polar surface area (TPSA) is 41.6 Å². The van der Waals surface area contributed by atoms with Crippen molar-refractivity contribution >= 4 is 27.6 Å². The summed E-state index contributed by atoms with van der Waals surface area (Å²) in [6.07, 6.45) is 4.80. The zero-order chi connectivity index (χ0) is 14.4. The minimum absolute atomic E-state index is 0.0976. The molecule has 3 rings (SSSR count). The Hall–Kier alpha value is -1.03. The molecule has 108 valence electrons. The molecule has 0 aromatic heterocycles. The van der Waals surface area contributed by atoms with Crippen molar-refractivity contribution < 1.29 is 0 Å². The minimum atomic E-state index is 0.0976. The molecule has 1 saturated carbocycles. The van der Waals surface area contributed by atoms with E-state index < -0.39 is 0 Å². The number of guanidine groups is 1. The van der Waals surface area contributed by atoms with Crippen LogP contribution in [-0.2, 0) is 0 Å². The fourth-order valence-electron chi connectivity index (χ4n) is 3.41. The molecule has 2 N–H and O–H groups in total. The molecule has 0 amide bonds. The Morgan fingerprint density at radius 1 is 1.20 bits per heavy atom. The van der Waals surface area contributed by atoms with E-state index in [0.29, 0.717) is 11.4 Å². The molecule has 1 aromatic rings. The average Bonchev–Trinajstić information content (AvgIpc) is 2.71. The summed E-state index contributed by atoms with van der Waals surface area (Å²) in [5, 5.41) is 0. The number of anilines is 1. The monoisotopic (exact) mass is 335 g/mol. The molecule has 1 aliphatic heterocycles. The van der Waals surface area contributed by atoms with Crippen LogP contribution in [0.25, 0.3) is 0 Å². The second-order valence-corrected chi connectivity index (χ2v) is 7.79. The van der Waals surface area contributed by atoms with Gasteiger partial charge in [-0.25, -0.2) is 0 Å². The molecule has 0 saturated heterocycles. The minimum Gasteiger partial charge on any atom is -0.369 e. The van der Waals surface area contributed by atoms with Crippen molar-refractivity contribution in [3.8, 4) is 0 Å². The lowest BCUT2D eigenvalue weighted by Gasteiger charge is -2.46. The summed E-state index contributed by atoms with van der Waals surface area (Å²) in [7, 11) is 0. The summed E-state index contributed by atoms with van der Waals surface area (Å²) in [5.41, 5.74) is 7.89. The van der Waals surface area contributed by atoms with Crippen LogP contribution >= 0.6 is 15.9 Å². The van der Waals surface area contributed by atoms with Gasteiger partial charge < -0.3 is 10.6 Å². The van der Waals surface area contributed by atoms with Crippen LogP contribution in [0.15, 0.2) is 33.7 Å². The summed E-state index contributed by atoms with van der Waals surface area (Å²) < 4.78 is 1.08. The van der Waals surface area contributed by atoms with Gasteiger partial charge in [-0.3, -0.25) is 4.99 Å². The van der Waals surface area contributed by atoms with Crippen LogP contribution in [-0.4, -0.2) is 18.0 Å². The normalized spacial score (nSPS) is 23.9. The third kappa shape index (κ3) is 2.34. The summed E-state index contributed by atoms with van der Waals surface area (Å²) in [4.78, 5) is 6.82. The van der Waals surface area contributed by atoms with Crippen LogP contribution in [0.4, 0.5) is 5.69 Å². The van der Waals surface area contributed by atoms with E-state index in [1.54, 1.807) is 0 Å². The number of nitrogens with two attached hydrogens (primary N) is 1. The van der Waals surface area contributed by atoms with E-state index >= 15 is 0 Å². The Kier molecular flexibility index (Phi) is 3.32. The third-order valence-corrected chi connectivity index (χ3v) is 5.33. The van der Waals surface area contributed by atoms with Gasteiger partial charge in [0.15, 0.2) is 5.96 Å². The predicted molar refractivity (Wildman–Crippen MR) is 88.1 cm³/mol. The maximum Gasteiger partial charge on any atom is 0.196 e. The van der Waals surface area contributed by atoms with Gasteiger partial charge in [-0.15, -0.1) is 0 Å². The molecule has 2 aliphatic rings.